The number of nitrogens with two attached hydrogens (primary N) is 1. The molecule has 0 aliphatic carbocycles. The van der Waals surface area contributed by atoms with Gasteiger partial charge in [-0.15, -0.1) is 0 Å². The summed E-state index contributed by atoms with van der Waals surface area (Å²) >= 11 is 0. The molecule has 0 aliphatic heterocycles. The third-order valence-corrected chi connectivity index (χ3v) is 2.00. The standard InChI is InChI=1S/C10H8F2N4/c1-5-15-8(7(11)10(13)16-5)6-3-2-4-14-9(6)12/h2-4H,1H3,(H2,13,15,16). The predicted molar refractivity (Wildman–Crippen MR) is 54.3 cm³/mol. The Morgan fingerprint density at radius 2 is 2.00 bits per heavy atom. The van der Waals surface area contributed by atoms with E-state index in [0.29, 0.717) is 0 Å². The first-order valence-electron chi connectivity index (χ1n) is 4.50. The molecule has 2 aromatic rings. The molecule has 2 N–H and O–H groups in total. The molecular formula is C10H8F2N4. The van der Waals surface area contributed by atoms with Crippen molar-refractivity contribution < 1.29 is 8.78 Å². The average molecular weight is 222 g/mol. The Hall–Kier alpha value is -2.11. The topological polar surface area (TPSA) is 64.7 Å². The van der Waals surface area contributed by atoms with Gasteiger partial charge in [0.05, 0.1) is 5.56 Å². The first-order chi connectivity index (χ1) is 7.59. The lowest BCUT2D eigenvalue weighted by Crippen LogP contribution is -2.04. The lowest BCUT2D eigenvalue weighted by atomic mass is 10.2. The van der Waals surface area contributed by atoms with Gasteiger partial charge in [-0.1, -0.05) is 0 Å². The first kappa shape index (κ1) is 10.4. The Balaban J connectivity index is 2.69. The fourth-order valence-corrected chi connectivity index (χ4v) is 1.32. The molecule has 0 unspecified atom stereocenters. The summed E-state index contributed by atoms with van der Waals surface area (Å²) in [5.41, 5.74) is 5.14. The summed E-state index contributed by atoms with van der Waals surface area (Å²) in [7, 11) is 0. The van der Waals surface area contributed by atoms with Crippen molar-refractivity contribution in [2.75, 3.05) is 5.73 Å². The number of nitrogen functional groups attached to an aromatic ring is 1. The van der Waals surface area contributed by atoms with Gasteiger partial charge in [0.1, 0.15) is 11.5 Å². The highest BCUT2D eigenvalue weighted by Crippen LogP contribution is 2.24. The Morgan fingerprint density at radius 3 is 2.69 bits per heavy atom. The molecule has 0 fully saturated rings. The van der Waals surface area contributed by atoms with Gasteiger partial charge >= 0.3 is 0 Å². The number of rotatable bonds is 1. The van der Waals surface area contributed by atoms with Crippen LogP contribution in [0.25, 0.3) is 11.3 Å². The van der Waals surface area contributed by atoms with Crippen LogP contribution in [0.1, 0.15) is 5.82 Å². The van der Waals surface area contributed by atoms with E-state index in [2.05, 4.69) is 15.0 Å². The molecule has 0 atom stereocenters. The van der Waals surface area contributed by atoms with Crippen molar-refractivity contribution in [3.05, 3.63) is 35.9 Å². The highest BCUT2D eigenvalue weighted by atomic mass is 19.1. The van der Waals surface area contributed by atoms with Gasteiger partial charge in [0.25, 0.3) is 0 Å². The van der Waals surface area contributed by atoms with Crippen LogP contribution in [-0.2, 0) is 0 Å². The second kappa shape index (κ2) is 3.80. The molecule has 0 radical (unpaired) electrons. The quantitative estimate of drug-likeness (QED) is 0.746. The molecule has 2 heterocycles. The number of halogens is 2. The Bertz CT molecular complexity index is 542. The molecule has 0 spiro atoms. The number of hydrogen-bond acceptors (Lipinski definition) is 4. The maximum absolute atomic E-state index is 13.6. The smallest absolute Gasteiger partial charge is 0.222 e. The summed E-state index contributed by atoms with van der Waals surface area (Å²) in [5, 5.41) is 0. The molecule has 4 nitrogen and oxygen atoms in total. The van der Waals surface area contributed by atoms with Gasteiger partial charge in [-0.3, -0.25) is 0 Å². The molecule has 2 aromatic heterocycles. The van der Waals surface area contributed by atoms with Crippen LogP contribution in [0.4, 0.5) is 14.6 Å². The minimum absolute atomic E-state index is 0.0304. The molecule has 0 amide bonds. The number of anilines is 1. The summed E-state index contributed by atoms with van der Waals surface area (Å²) in [6.45, 7) is 1.55. The van der Waals surface area contributed by atoms with E-state index in [1.165, 1.54) is 18.3 Å². The number of aromatic nitrogens is 3. The van der Waals surface area contributed by atoms with Gasteiger partial charge in [0.2, 0.25) is 5.95 Å². The monoisotopic (exact) mass is 222 g/mol. The zero-order valence-electron chi connectivity index (χ0n) is 8.41. The molecule has 16 heavy (non-hydrogen) atoms. The van der Waals surface area contributed by atoms with E-state index in [1.54, 1.807) is 6.92 Å². The van der Waals surface area contributed by atoms with Gasteiger partial charge in [-0.25, -0.2) is 19.3 Å². The van der Waals surface area contributed by atoms with E-state index in [0.717, 1.165) is 0 Å². The van der Waals surface area contributed by atoms with Crippen LogP contribution in [0.15, 0.2) is 18.3 Å². The Labute approximate surface area is 90.2 Å². The molecule has 0 saturated carbocycles. The molecule has 0 aromatic carbocycles. The van der Waals surface area contributed by atoms with Crippen LogP contribution in [0, 0.1) is 18.7 Å². The molecule has 0 bridgehead atoms. The SMILES string of the molecule is Cc1nc(N)c(F)c(-c2cccnc2F)n1. The summed E-state index contributed by atoms with van der Waals surface area (Å²) in [4.78, 5) is 10.9. The summed E-state index contributed by atoms with van der Waals surface area (Å²) in [6.07, 6.45) is 1.27. The second-order valence-electron chi connectivity index (χ2n) is 3.16. The fraction of sp³-hybridized carbons (Fsp3) is 0.100. The van der Waals surface area contributed by atoms with Crippen LogP contribution in [0.3, 0.4) is 0 Å². The maximum atomic E-state index is 13.6. The zero-order chi connectivity index (χ0) is 11.7. The Morgan fingerprint density at radius 1 is 1.25 bits per heavy atom. The van der Waals surface area contributed by atoms with Crippen molar-refractivity contribution >= 4 is 5.82 Å². The highest BCUT2D eigenvalue weighted by Gasteiger charge is 2.16. The van der Waals surface area contributed by atoms with Gasteiger partial charge in [-0.2, -0.15) is 4.39 Å². The van der Waals surface area contributed by atoms with Crippen LogP contribution in [0.2, 0.25) is 0 Å². The van der Waals surface area contributed by atoms with Gasteiger partial charge in [-0.05, 0) is 19.1 Å². The summed E-state index contributed by atoms with van der Waals surface area (Å²) in [6, 6.07) is 2.87. The van der Waals surface area contributed by atoms with Gasteiger partial charge in [0.15, 0.2) is 11.6 Å². The summed E-state index contributed by atoms with van der Waals surface area (Å²) in [5.74, 6) is -1.65. The minimum Gasteiger partial charge on any atom is -0.381 e. The van der Waals surface area contributed by atoms with E-state index in [1.807, 2.05) is 0 Å². The first-order valence-corrected chi connectivity index (χ1v) is 4.50. The predicted octanol–water partition coefficient (Wildman–Crippen LogP) is 1.71. The third-order valence-electron chi connectivity index (χ3n) is 2.00. The average Bonchev–Trinajstić information content (AvgIpc) is 2.24. The fourth-order valence-electron chi connectivity index (χ4n) is 1.32. The third kappa shape index (κ3) is 1.69. The van der Waals surface area contributed by atoms with E-state index in [4.69, 9.17) is 5.73 Å². The van der Waals surface area contributed by atoms with E-state index >= 15 is 0 Å². The molecule has 0 aliphatic rings. The number of aryl methyl sites for hydroxylation is 1. The molecule has 0 saturated heterocycles. The molecule has 82 valence electrons. The van der Waals surface area contributed by atoms with Crippen LogP contribution in [0.5, 0.6) is 0 Å². The van der Waals surface area contributed by atoms with E-state index in [-0.39, 0.29) is 22.9 Å². The van der Waals surface area contributed by atoms with Crippen molar-refractivity contribution in [1.29, 1.82) is 0 Å². The molecule has 6 heteroatoms. The van der Waals surface area contributed by atoms with Crippen molar-refractivity contribution in [3.63, 3.8) is 0 Å². The number of pyridine rings is 1. The van der Waals surface area contributed by atoms with Crippen molar-refractivity contribution in [3.8, 4) is 11.3 Å². The van der Waals surface area contributed by atoms with E-state index < -0.39 is 11.8 Å². The maximum Gasteiger partial charge on any atom is 0.222 e. The van der Waals surface area contributed by atoms with Crippen molar-refractivity contribution in [2.24, 2.45) is 0 Å². The lowest BCUT2D eigenvalue weighted by molar-refractivity contribution is 0.580. The normalized spacial score (nSPS) is 10.4. The number of nitrogens with zero attached hydrogens (tertiary/aromatic N) is 3. The van der Waals surface area contributed by atoms with Crippen molar-refractivity contribution in [1.82, 2.24) is 15.0 Å². The largest absolute Gasteiger partial charge is 0.381 e. The van der Waals surface area contributed by atoms with E-state index in [9.17, 15) is 8.78 Å². The Kier molecular flexibility index (Phi) is 2.47. The highest BCUT2D eigenvalue weighted by molar-refractivity contribution is 5.62. The molecular weight excluding hydrogens is 214 g/mol. The van der Waals surface area contributed by atoms with Crippen LogP contribution < -0.4 is 5.73 Å². The lowest BCUT2D eigenvalue weighted by Gasteiger charge is -2.05. The number of hydrogen-bond donors (Lipinski definition) is 1. The van der Waals surface area contributed by atoms with Crippen LogP contribution in [-0.4, -0.2) is 15.0 Å². The zero-order valence-corrected chi connectivity index (χ0v) is 8.41. The minimum atomic E-state index is -0.836. The van der Waals surface area contributed by atoms with Gasteiger partial charge in [0, 0.05) is 6.20 Å². The van der Waals surface area contributed by atoms with Crippen LogP contribution >= 0.6 is 0 Å². The summed E-state index contributed by atoms with van der Waals surface area (Å²) < 4.78 is 26.9. The van der Waals surface area contributed by atoms with Gasteiger partial charge < -0.3 is 5.73 Å². The molecule has 2 rings (SSSR count). The second-order valence-corrected chi connectivity index (χ2v) is 3.16. The van der Waals surface area contributed by atoms with Crippen molar-refractivity contribution in [2.45, 2.75) is 6.92 Å².